The van der Waals surface area contributed by atoms with Crippen LogP contribution >= 0.6 is 22.6 Å². The van der Waals surface area contributed by atoms with Gasteiger partial charge < -0.3 is 19.8 Å². The van der Waals surface area contributed by atoms with E-state index in [1.54, 1.807) is 18.5 Å². The summed E-state index contributed by atoms with van der Waals surface area (Å²) in [5.41, 5.74) is 1.27. The molecule has 1 amide bonds. The molecule has 2 aliphatic heterocycles. The topological polar surface area (TPSA) is 101 Å². The molecule has 0 aliphatic carbocycles. The molecule has 1 saturated heterocycles. The molecule has 9 heteroatoms. The molecule has 1 aromatic heterocycles. The lowest BCUT2D eigenvalue weighted by Crippen LogP contribution is -2.46. The first-order valence-corrected chi connectivity index (χ1v) is 13.8. The third-order valence-corrected chi connectivity index (χ3v) is 8.39. The number of carbonyl (C=O) groups is 1. The van der Waals surface area contributed by atoms with E-state index >= 15 is 0 Å². The van der Waals surface area contributed by atoms with Crippen LogP contribution in [0.25, 0.3) is 0 Å². The van der Waals surface area contributed by atoms with Gasteiger partial charge in [0, 0.05) is 46.7 Å². The summed E-state index contributed by atoms with van der Waals surface area (Å²) in [4.78, 5) is 16.2. The van der Waals surface area contributed by atoms with Crippen molar-refractivity contribution in [3.8, 4) is 0 Å². The quantitative estimate of drug-likeness (QED) is 0.375. The first-order chi connectivity index (χ1) is 17.6. The van der Waals surface area contributed by atoms with Gasteiger partial charge in [0.25, 0.3) is 5.91 Å². The fourth-order valence-corrected chi connectivity index (χ4v) is 6.82. The van der Waals surface area contributed by atoms with Gasteiger partial charge in [-0.15, -0.1) is 5.10 Å². The SMILES string of the molecule is C[C@H]1[C@H](C(C)(C)O)[C@@H](CCn2cc(CCO)nn2)O[C@]12C(=O)N(Cc1cccc(I)c1)c1ccccc12. The van der Waals surface area contributed by atoms with E-state index in [0.29, 0.717) is 25.9 Å². The number of ether oxygens (including phenoxy) is 1. The van der Waals surface area contributed by atoms with Crippen LogP contribution in [-0.2, 0) is 34.6 Å². The Morgan fingerprint density at radius 2 is 1.97 bits per heavy atom. The minimum Gasteiger partial charge on any atom is -0.396 e. The largest absolute Gasteiger partial charge is 0.396 e. The number of anilines is 1. The second-order valence-electron chi connectivity index (χ2n) is 10.6. The van der Waals surface area contributed by atoms with Crippen LogP contribution in [0.5, 0.6) is 0 Å². The minimum atomic E-state index is -1.17. The summed E-state index contributed by atoms with van der Waals surface area (Å²) < 4.78 is 9.67. The van der Waals surface area contributed by atoms with Crippen molar-refractivity contribution in [1.82, 2.24) is 15.0 Å². The number of aryl methyl sites for hydroxylation is 1. The van der Waals surface area contributed by atoms with Gasteiger partial charge in [0.05, 0.1) is 29.6 Å². The van der Waals surface area contributed by atoms with Gasteiger partial charge in [0.2, 0.25) is 0 Å². The Hall–Kier alpha value is -2.34. The number of benzene rings is 2. The fourth-order valence-electron chi connectivity index (χ4n) is 6.21. The van der Waals surface area contributed by atoms with Gasteiger partial charge in [-0.05, 0) is 66.6 Å². The molecule has 3 aromatic rings. The summed E-state index contributed by atoms with van der Waals surface area (Å²) in [7, 11) is 0. The molecule has 2 N–H and O–H groups in total. The smallest absolute Gasteiger partial charge is 0.264 e. The predicted molar refractivity (Wildman–Crippen MR) is 148 cm³/mol. The molecular formula is C28H33IN4O4. The third kappa shape index (κ3) is 4.71. The van der Waals surface area contributed by atoms with Crippen LogP contribution in [0.15, 0.2) is 54.7 Å². The zero-order chi connectivity index (χ0) is 26.4. The maximum atomic E-state index is 14.3. The number of halogens is 1. The number of hydrogen-bond acceptors (Lipinski definition) is 6. The lowest BCUT2D eigenvalue weighted by Gasteiger charge is -2.34. The van der Waals surface area contributed by atoms with Crippen LogP contribution in [0.2, 0.25) is 0 Å². The van der Waals surface area contributed by atoms with Crippen LogP contribution in [-0.4, -0.2) is 49.4 Å². The van der Waals surface area contributed by atoms with Crippen LogP contribution in [0.1, 0.15) is 44.0 Å². The molecule has 8 nitrogen and oxygen atoms in total. The van der Waals surface area contributed by atoms with Crippen LogP contribution in [0.4, 0.5) is 5.69 Å². The fraction of sp³-hybridized carbons (Fsp3) is 0.464. The zero-order valence-electron chi connectivity index (χ0n) is 21.3. The van der Waals surface area contributed by atoms with Crippen LogP contribution < -0.4 is 4.90 Å². The second kappa shape index (κ2) is 10.1. The number of aromatic nitrogens is 3. The molecule has 1 fully saturated rings. The monoisotopic (exact) mass is 616 g/mol. The van der Waals surface area contributed by atoms with Gasteiger partial charge in [-0.25, -0.2) is 0 Å². The highest BCUT2D eigenvalue weighted by Crippen LogP contribution is 2.57. The number of amides is 1. The summed E-state index contributed by atoms with van der Waals surface area (Å²) in [6.45, 7) is 6.63. The van der Waals surface area contributed by atoms with E-state index in [0.717, 1.165) is 26.1 Å². The molecular weight excluding hydrogens is 583 g/mol. The Kier molecular flexibility index (Phi) is 7.16. The number of para-hydroxylation sites is 1. The maximum absolute atomic E-state index is 14.3. The van der Waals surface area contributed by atoms with Gasteiger partial charge in [-0.2, -0.15) is 0 Å². The first kappa shape index (κ1) is 26.3. The molecule has 0 bridgehead atoms. The van der Waals surface area contributed by atoms with E-state index in [1.807, 2.05) is 60.5 Å². The number of nitrogens with zero attached hydrogens (tertiary/aromatic N) is 4. The van der Waals surface area contributed by atoms with Gasteiger partial charge >= 0.3 is 0 Å². The van der Waals surface area contributed by atoms with Gasteiger partial charge in [-0.3, -0.25) is 9.48 Å². The average Bonchev–Trinajstić information content (AvgIpc) is 3.49. The van der Waals surface area contributed by atoms with Crippen molar-refractivity contribution in [2.75, 3.05) is 11.5 Å². The Morgan fingerprint density at radius 1 is 1.19 bits per heavy atom. The van der Waals surface area contributed by atoms with E-state index in [1.165, 1.54) is 0 Å². The Morgan fingerprint density at radius 3 is 2.70 bits per heavy atom. The molecule has 3 heterocycles. The summed E-state index contributed by atoms with van der Waals surface area (Å²) in [6.07, 6.45) is 2.47. The summed E-state index contributed by atoms with van der Waals surface area (Å²) in [5, 5.41) is 28.7. The van der Waals surface area contributed by atoms with Crippen molar-refractivity contribution in [3.05, 3.63) is 75.1 Å². The Bertz CT molecular complexity index is 1290. The average molecular weight is 617 g/mol. The van der Waals surface area contributed by atoms with Crippen molar-refractivity contribution < 1.29 is 19.7 Å². The molecule has 196 valence electrons. The van der Waals surface area contributed by atoms with E-state index < -0.39 is 11.2 Å². The molecule has 2 aromatic carbocycles. The van der Waals surface area contributed by atoms with Crippen molar-refractivity contribution in [2.24, 2.45) is 11.8 Å². The number of rotatable bonds is 8. The van der Waals surface area contributed by atoms with Crippen molar-refractivity contribution >= 4 is 34.2 Å². The molecule has 1 spiro atoms. The number of carbonyl (C=O) groups excluding carboxylic acids is 1. The van der Waals surface area contributed by atoms with E-state index in [4.69, 9.17) is 4.74 Å². The van der Waals surface area contributed by atoms with Gasteiger partial charge in [0.1, 0.15) is 0 Å². The zero-order valence-corrected chi connectivity index (χ0v) is 23.5. The standard InChI is InChI=1S/C28H33IN4O4/c1-18-25(27(2,3)36)24(11-13-32-17-21(12-14-34)30-31-32)37-28(18)22-9-4-5-10-23(22)33(26(28)35)16-19-7-6-8-20(29)15-19/h4-10,15,17-18,24-25,34,36H,11-14,16H2,1-3H3/t18-,24+,25-,28+/m0/s1. The summed E-state index contributed by atoms with van der Waals surface area (Å²) in [6, 6.07) is 16.0. The summed E-state index contributed by atoms with van der Waals surface area (Å²) >= 11 is 2.29. The minimum absolute atomic E-state index is 0.0192. The number of hydrogen-bond donors (Lipinski definition) is 2. The number of fused-ring (bicyclic) bond motifs is 2. The highest BCUT2D eigenvalue weighted by Gasteiger charge is 2.65. The predicted octanol–water partition coefficient (Wildman–Crippen LogP) is 3.67. The first-order valence-electron chi connectivity index (χ1n) is 12.7. The molecule has 5 rings (SSSR count). The third-order valence-electron chi connectivity index (χ3n) is 7.72. The molecule has 37 heavy (non-hydrogen) atoms. The highest BCUT2D eigenvalue weighted by atomic mass is 127. The van der Waals surface area contributed by atoms with Crippen LogP contribution in [0.3, 0.4) is 0 Å². The number of aliphatic hydroxyl groups excluding tert-OH is 1. The van der Waals surface area contributed by atoms with E-state index in [2.05, 4.69) is 39.0 Å². The van der Waals surface area contributed by atoms with Gasteiger partial charge in [-0.1, -0.05) is 42.5 Å². The Balaban J connectivity index is 1.48. The van der Waals surface area contributed by atoms with Crippen molar-refractivity contribution in [3.63, 3.8) is 0 Å². The normalized spacial score (nSPS) is 25.3. The lowest BCUT2D eigenvalue weighted by atomic mass is 9.71. The van der Waals surface area contributed by atoms with E-state index in [9.17, 15) is 15.0 Å². The Labute approximate surface area is 230 Å². The van der Waals surface area contributed by atoms with Crippen molar-refractivity contribution in [1.29, 1.82) is 0 Å². The second-order valence-corrected chi connectivity index (χ2v) is 11.9. The maximum Gasteiger partial charge on any atom is 0.264 e. The molecule has 0 unspecified atom stereocenters. The van der Waals surface area contributed by atoms with Crippen LogP contribution in [0, 0.1) is 15.4 Å². The van der Waals surface area contributed by atoms with Crippen molar-refractivity contribution in [2.45, 2.75) is 64.0 Å². The highest BCUT2D eigenvalue weighted by molar-refractivity contribution is 14.1. The lowest BCUT2D eigenvalue weighted by molar-refractivity contribution is -0.146. The molecule has 0 radical (unpaired) electrons. The van der Waals surface area contributed by atoms with E-state index in [-0.39, 0.29) is 30.5 Å². The molecule has 4 atom stereocenters. The molecule has 0 saturated carbocycles. The van der Waals surface area contributed by atoms with Gasteiger partial charge in [0.15, 0.2) is 5.60 Å². The molecule has 2 aliphatic rings. The number of aliphatic hydroxyl groups is 2. The summed E-state index contributed by atoms with van der Waals surface area (Å²) in [5.74, 6) is -0.613.